The summed E-state index contributed by atoms with van der Waals surface area (Å²) in [6, 6.07) is 28.6. The molecular weight excluding hydrogens is 646 g/mol. The summed E-state index contributed by atoms with van der Waals surface area (Å²) in [4.78, 5) is 44.5. The number of hydrazine groups is 1. The van der Waals surface area contributed by atoms with Crippen LogP contribution in [0.3, 0.4) is 0 Å². The molecular formula is C40H47N5O6. The van der Waals surface area contributed by atoms with Gasteiger partial charge in [-0.1, -0.05) is 106 Å². The number of benzene rings is 3. The van der Waals surface area contributed by atoms with E-state index >= 15 is 0 Å². The molecule has 1 aromatic heterocycles. The maximum atomic E-state index is 14.1. The van der Waals surface area contributed by atoms with Gasteiger partial charge in [0.05, 0.1) is 24.9 Å². The van der Waals surface area contributed by atoms with Crippen LogP contribution >= 0.6 is 0 Å². The zero-order chi connectivity index (χ0) is 36.6. The van der Waals surface area contributed by atoms with Crippen molar-refractivity contribution in [1.82, 2.24) is 26.1 Å². The molecule has 1 aliphatic rings. The fourth-order valence-corrected chi connectivity index (χ4v) is 6.34. The predicted molar refractivity (Wildman–Crippen MR) is 194 cm³/mol. The molecule has 0 saturated carbocycles. The largest absolute Gasteiger partial charge is 0.453 e. The van der Waals surface area contributed by atoms with E-state index in [9.17, 15) is 24.6 Å². The van der Waals surface area contributed by atoms with E-state index in [4.69, 9.17) is 4.74 Å². The molecule has 3 amide bonds. The summed E-state index contributed by atoms with van der Waals surface area (Å²) in [5, 5.41) is 30.3. The second kappa shape index (κ2) is 16.3. The number of methoxy groups -OCH3 is 1. The number of nitrogens with zero attached hydrogens (tertiary/aromatic N) is 2. The lowest BCUT2D eigenvalue weighted by molar-refractivity contribution is -0.143. The van der Waals surface area contributed by atoms with E-state index in [1.54, 1.807) is 11.2 Å². The number of nitrogens with one attached hydrogen (secondary N) is 3. The van der Waals surface area contributed by atoms with Gasteiger partial charge in [-0.3, -0.25) is 20.0 Å². The lowest BCUT2D eigenvalue weighted by Crippen LogP contribution is -2.58. The Bertz CT molecular complexity index is 1780. The van der Waals surface area contributed by atoms with E-state index in [2.05, 4.69) is 21.0 Å². The molecule has 5 rings (SSSR count). The molecule has 5 N–H and O–H groups in total. The molecule has 0 spiro atoms. The van der Waals surface area contributed by atoms with Crippen molar-refractivity contribution in [2.75, 3.05) is 13.7 Å². The van der Waals surface area contributed by atoms with Gasteiger partial charge in [-0.15, -0.1) is 0 Å². The first-order valence-corrected chi connectivity index (χ1v) is 17.1. The summed E-state index contributed by atoms with van der Waals surface area (Å²) in [6.45, 7) is 5.76. The van der Waals surface area contributed by atoms with E-state index in [-0.39, 0.29) is 25.9 Å². The normalized spacial score (nSPS) is 17.2. The zero-order valence-corrected chi connectivity index (χ0v) is 29.5. The van der Waals surface area contributed by atoms with Crippen molar-refractivity contribution in [3.05, 3.63) is 126 Å². The number of pyridine rings is 1. The predicted octanol–water partition coefficient (Wildman–Crippen LogP) is 4.49. The number of rotatable bonds is 13. The molecule has 51 heavy (non-hydrogen) atoms. The van der Waals surface area contributed by atoms with Gasteiger partial charge >= 0.3 is 6.09 Å². The molecule has 0 aliphatic heterocycles. The summed E-state index contributed by atoms with van der Waals surface area (Å²) >= 11 is 0. The Morgan fingerprint density at radius 3 is 2.27 bits per heavy atom. The molecule has 0 radical (unpaired) electrons. The third-order valence-electron chi connectivity index (χ3n) is 9.18. The van der Waals surface area contributed by atoms with E-state index in [1.807, 2.05) is 118 Å². The van der Waals surface area contributed by atoms with Gasteiger partial charge in [0.2, 0.25) is 0 Å². The highest BCUT2D eigenvalue weighted by Crippen LogP contribution is 2.32. The second-order valence-electron chi connectivity index (χ2n) is 14.1. The molecule has 268 valence electrons. The van der Waals surface area contributed by atoms with E-state index < -0.39 is 47.1 Å². The average molecular weight is 694 g/mol. The van der Waals surface area contributed by atoms with Gasteiger partial charge in [-0.05, 0) is 39.8 Å². The Morgan fingerprint density at radius 1 is 0.922 bits per heavy atom. The Kier molecular flexibility index (Phi) is 11.9. The molecule has 11 heteroatoms. The minimum Gasteiger partial charge on any atom is -0.453 e. The summed E-state index contributed by atoms with van der Waals surface area (Å²) in [5.41, 5.74) is 5.45. The van der Waals surface area contributed by atoms with Crippen LogP contribution in [0.25, 0.3) is 11.3 Å². The molecule has 4 aromatic rings. The summed E-state index contributed by atoms with van der Waals surface area (Å²) < 4.78 is 4.79. The number of hydrogen-bond acceptors (Lipinski definition) is 8. The van der Waals surface area contributed by atoms with Crippen molar-refractivity contribution < 1.29 is 29.3 Å². The summed E-state index contributed by atoms with van der Waals surface area (Å²) in [5.74, 6) is -1.11. The van der Waals surface area contributed by atoms with Gasteiger partial charge in [0.1, 0.15) is 11.6 Å². The van der Waals surface area contributed by atoms with Crippen LogP contribution in [-0.4, -0.2) is 69.5 Å². The molecule has 4 atom stereocenters. The highest BCUT2D eigenvalue weighted by molar-refractivity contribution is 5.87. The van der Waals surface area contributed by atoms with Crippen molar-refractivity contribution in [1.29, 1.82) is 0 Å². The molecule has 0 fully saturated rings. The highest BCUT2D eigenvalue weighted by atomic mass is 16.5. The number of alkyl carbamates (subject to hydrolysis) is 1. The Labute approximate surface area is 299 Å². The Morgan fingerprint density at radius 2 is 1.61 bits per heavy atom. The van der Waals surface area contributed by atoms with Crippen molar-refractivity contribution in [2.24, 2.45) is 5.41 Å². The number of aliphatic hydroxyl groups is 2. The number of aromatic nitrogens is 1. The van der Waals surface area contributed by atoms with Crippen molar-refractivity contribution in [3.63, 3.8) is 0 Å². The van der Waals surface area contributed by atoms with Crippen LogP contribution in [0.15, 0.2) is 103 Å². The maximum absolute atomic E-state index is 14.1. The number of aliphatic hydroxyl groups excluding tert-OH is 1. The Balaban J connectivity index is 1.41. The second-order valence-corrected chi connectivity index (χ2v) is 14.1. The number of fused-ring (bicyclic) bond motifs is 1. The van der Waals surface area contributed by atoms with Crippen LogP contribution in [0.5, 0.6) is 0 Å². The summed E-state index contributed by atoms with van der Waals surface area (Å²) in [6.07, 6.45) is 0.466. The third-order valence-corrected chi connectivity index (χ3v) is 9.18. The minimum atomic E-state index is -1.92. The summed E-state index contributed by atoms with van der Waals surface area (Å²) in [7, 11) is 1.23. The lowest BCUT2D eigenvalue weighted by atomic mass is 9.86. The Hall–Kier alpha value is -5.10. The molecule has 0 saturated heterocycles. The standard InChI is InChI=1S/C40H47N5O6/c1-39(2,3)35(43-38(49)51-4)36(47)44-45(26-28-17-19-29(20-18-28)32-16-10-11-22-41-32)23-21-40(50,25-27-12-6-5-7-13-27)37(48)42-34-31-15-9-8-14-30(31)24-33(34)46/h5-20,22,33-35,46,50H,21,23-26H2,1-4H3,(H,42,48)(H,43,49)(H,44,47)/t33-,34+,35-,40-/m1/s1. The van der Waals surface area contributed by atoms with Crippen LogP contribution in [0, 0.1) is 5.41 Å². The molecule has 3 aromatic carbocycles. The number of ether oxygens (including phenoxy) is 1. The lowest BCUT2D eigenvalue weighted by Gasteiger charge is -2.35. The first-order chi connectivity index (χ1) is 24.4. The van der Waals surface area contributed by atoms with Crippen molar-refractivity contribution in [3.8, 4) is 11.3 Å². The minimum absolute atomic E-state index is 0.000787. The molecule has 0 bridgehead atoms. The van der Waals surface area contributed by atoms with Crippen molar-refractivity contribution in [2.45, 2.75) is 70.4 Å². The van der Waals surface area contributed by atoms with Gasteiger partial charge in [-0.2, -0.15) is 0 Å². The molecule has 0 unspecified atom stereocenters. The SMILES string of the molecule is COC(=O)N[C@H](C(=O)NN(CC[C@@](O)(Cc1ccccc1)C(=O)N[C@H]1c2ccccc2C[C@H]1O)Cc1ccc(-c2ccccn2)cc1)C(C)(C)C. The van der Waals surface area contributed by atoms with Gasteiger partial charge in [0.15, 0.2) is 0 Å². The van der Waals surface area contributed by atoms with Crippen molar-refractivity contribution >= 4 is 17.9 Å². The number of carbonyl (C=O) groups excluding carboxylic acids is 3. The average Bonchev–Trinajstić information content (AvgIpc) is 3.44. The third kappa shape index (κ3) is 9.57. The number of amides is 3. The molecule has 1 aliphatic carbocycles. The van der Waals surface area contributed by atoms with Crippen LogP contribution in [0.2, 0.25) is 0 Å². The topological polar surface area (TPSA) is 153 Å². The van der Waals surface area contributed by atoms with Crippen LogP contribution in [0.1, 0.15) is 55.5 Å². The number of hydrogen-bond donors (Lipinski definition) is 5. The van der Waals surface area contributed by atoms with Gasteiger partial charge in [0.25, 0.3) is 11.8 Å². The number of carbonyl (C=O) groups is 3. The monoisotopic (exact) mass is 693 g/mol. The molecule has 1 heterocycles. The van der Waals surface area contributed by atoms with Crippen LogP contribution in [-0.2, 0) is 33.7 Å². The fourth-order valence-electron chi connectivity index (χ4n) is 6.34. The first kappa shape index (κ1) is 37.2. The highest BCUT2D eigenvalue weighted by Gasteiger charge is 2.41. The van der Waals surface area contributed by atoms with Gasteiger partial charge < -0.3 is 25.6 Å². The van der Waals surface area contributed by atoms with E-state index in [1.165, 1.54) is 7.11 Å². The van der Waals surface area contributed by atoms with Gasteiger partial charge in [-0.25, -0.2) is 9.80 Å². The first-order valence-electron chi connectivity index (χ1n) is 17.1. The quantitative estimate of drug-likeness (QED) is 0.129. The van der Waals surface area contributed by atoms with Crippen LogP contribution in [0.4, 0.5) is 4.79 Å². The maximum Gasteiger partial charge on any atom is 0.407 e. The van der Waals surface area contributed by atoms with Gasteiger partial charge in [0, 0.05) is 44.1 Å². The fraction of sp³-hybridized carbons (Fsp3) is 0.350. The van der Waals surface area contributed by atoms with Crippen LogP contribution < -0.4 is 16.1 Å². The zero-order valence-electron chi connectivity index (χ0n) is 29.5. The molecule has 11 nitrogen and oxygen atoms in total. The smallest absolute Gasteiger partial charge is 0.407 e. The van der Waals surface area contributed by atoms with E-state index in [0.717, 1.165) is 33.5 Å². The van der Waals surface area contributed by atoms with E-state index in [0.29, 0.717) is 6.42 Å².